The first-order valence-corrected chi connectivity index (χ1v) is 17.5. The lowest BCUT2D eigenvalue weighted by Crippen LogP contribution is -2.23. The molecule has 10 rings (SSSR count). The summed E-state index contributed by atoms with van der Waals surface area (Å²) in [6.45, 7) is 5.42. The second-order valence-electron chi connectivity index (χ2n) is 14.2. The second-order valence-corrected chi connectivity index (χ2v) is 14.2. The molecule has 0 atom stereocenters. The summed E-state index contributed by atoms with van der Waals surface area (Å²) in [5, 5.41) is 2.34. The highest BCUT2D eigenvalue weighted by atomic mass is 16.5. The number of fused-ring (bicyclic) bond motifs is 7. The van der Waals surface area contributed by atoms with Crippen LogP contribution < -0.4 is 14.5 Å². The van der Waals surface area contributed by atoms with Crippen molar-refractivity contribution in [2.45, 2.75) is 19.3 Å². The molecule has 0 unspecified atom stereocenters. The Balaban J connectivity index is 1.10. The molecule has 1 aliphatic heterocycles. The first kappa shape index (κ1) is 29.6. The molecule has 0 radical (unpaired) electrons. The zero-order valence-electron chi connectivity index (χ0n) is 28.8. The molecule has 51 heavy (non-hydrogen) atoms. The maximum Gasteiger partial charge on any atom is 0.137 e. The largest absolute Gasteiger partial charge is 0.457 e. The van der Waals surface area contributed by atoms with Crippen LogP contribution in [0.15, 0.2) is 152 Å². The van der Waals surface area contributed by atoms with Crippen molar-refractivity contribution in [3.63, 3.8) is 0 Å². The first-order chi connectivity index (χ1) is 24.9. The standard InChI is InChI=1S/C46H36N4O/c1-46(2)39-17-8-7-16-35(39)38-28-47-45(27-40(38)46)50-41-23-20-31(30-12-5-4-6-13-30)24-37(41)36-22-21-34(26-44(36)50)51-33-15-11-14-32(25-33)49-29-48(3)42-18-9-10-19-43(42)49/h4-28H,29H2,1-3H3. The number of rotatable bonds is 5. The van der Waals surface area contributed by atoms with Crippen LogP contribution in [-0.2, 0) is 5.41 Å². The summed E-state index contributed by atoms with van der Waals surface area (Å²) < 4.78 is 8.96. The van der Waals surface area contributed by atoms with Crippen molar-refractivity contribution in [2.75, 3.05) is 23.5 Å². The van der Waals surface area contributed by atoms with Gasteiger partial charge in [0.25, 0.3) is 0 Å². The fourth-order valence-electron chi connectivity index (χ4n) is 8.28. The van der Waals surface area contributed by atoms with E-state index in [1.54, 1.807) is 0 Å². The molecule has 2 aliphatic rings. The van der Waals surface area contributed by atoms with Crippen molar-refractivity contribution in [1.82, 2.24) is 9.55 Å². The molecule has 6 aromatic carbocycles. The fourth-order valence-corrected chi connectivity index (χ4v) is 8.28. The molecule has 5 nitrogen and oxygen atoms in total. The van der Waals surface area contributed by atoms with Crippen LogP contribution >= 0.6 is 0 Å². The number of para-hydroxylation sites is 2. The van der Waals surface area contributed by atoms with E-state index < -0.39 is 0 Å². The van der Waals surface area contributed by atoms with Gasteiger partial charge in [-0.1, -0.05) is 92.7 Å². The number of hydrogen-bond donors (Lipinski definition) is 0. The molecule has 2 aromatic heterocycles. The van der Waals surface area contributed by atoms with Gasteiger partial charge < -0.3 is 14.5 Å². The number of benzene rings is 6. The van der Waals surface area contributed by atoms with Gasteiger partial charge in [-0.3, -0.25) is 4.57 Å². The average molecular weight is 661 g/mol. The Morgan fingerprint density at radius 3 is 2.25 bits per heavy atom. The Labute approximate surface area is 297 Å². The van der Waals surface area contributed by atoms with Crippen LogP contribution in [0.1, 0.15) is 25.0 Å². The molecule has 0 fully saturated rings. The second kappa shape index (κ2) is 11.1. The highest BCUT2D eigenvalue weighted by molar-refractivity contribution is 6.10. The summed E-state index contributed by atoms with van der Waals surface area (Å²) in [6, 6.07) is 51.7. The van der Waals surface area contributed by atoms with Gasteiger partial charge in [0.15, 0.2) is 0 Å². The van der Waals surface area contributed by atoms with E-state index in [1.165, 1.54) is 50.1 Å². The molecule has 0 amide bonds. The van der Waals surface area contributed by atoms with Crippen LogP contribution in [0.4, 0.5) is 17.1 Å². The van der Waals surface area contributed by atoms with E-state index in [0.29, 0.717) is 0 Å². The SMILES string of the molecule is CN1CN(c2cccc(Oc3ccc4c5cc(-c6ccccc6)ccc5n(-c5cc6c(cn5)-c5ccccc5C6(C)C)c4c3)c2)c2ccccc21. The van der Waals surface area contributed by atoms with Crippen LogP contribution in [0.5, 0.6) is 11.5 Å². The Hall–Kier alpha value is -6.33. The number of anilines is 3. The van der Waals surface area contributed by atoms with Crippen LogP contribution in [0.25, 0.3) is 49.9 Å². The lowest BCUT2D eigenvalue weighted by atomic mass is 9.83. The zero-order valence-corrected chi connectivity index (χ0v) is 28.8. The summed E-state index contributed by atoms with van der Waals surface area (Å²) in [7, 11) is 2.13. The third kappa shape index (κ3) is 4.58. The summed E-state index contributed by atoms with van der Waals surface area (Å²) in [6.07, 6.45) is 2.06. The van der Waals surface area contributed by atoms with E-state index in [0.717, 1.165) is 46.1 Å². The maximum absolute atomic E-state index is 6.66. The van der Waals surface area contributed by atoms with Crippen molar-refractivity contribution in [3.8, 4) is 39.6 Å². The minimum Gasteiger partial charge on any atom is -0.457 e. The van der Waals surface area contributed by atoms with Crippen molar-refractivity contribution >= 4 is 38.9 Å². The number of aromatic nitrogens is 2. The van der Waals surface area contributed by atoms with E-state index in [-0.39, 0.29) is 5.41 Å². The maximum atomic E-state index is 6.66. The van der Waals surface area contributed by atoms with E-state index in [1.807, 2.05) is 6.07 Å². The Bertz CT molecular complexity index is 2660. The van der Waals surface area contributed by atoms with E-state index in [2.05, 4.69) is 181 Å². The van der Waals surface area contributed by atoms with Gasteiger partial charge in [0, 0.05) is 52.8 Å². The molecular formula is C46H36N4O. The van der Waals surface area contributed by atoms with Gasteiger partial charge in [-0.15, -0.1) is 0 Å². The van der Waals surface area contributed by atoms with Gasteiger partial charge in [-0.05, 0) is 82.4 Å². The lowest BCUT2D eigenvalue weighted by molar-refractivity contribution is 0.483. The smallest absolute Gasteiger partial charge is 0.137 e. The first-order valence-electron chi connectivity index (χ1n) is 17.5. The quantitative estimate of drug-likeness (QED) is 0.184. The topological polar surface area (TPSA) is 33.5 Å². The van der Waals surface area contributed by atoms with Crippen molar-refractivity contribution in [3.05, 3.63) is 163 Å². The minimum atomic E-state index is -0.132. The number of nitrogens with zero attached hydrogens (tertiary/aromatic N) is 4. The molecule has 0 N–H and O–H groups in total. The van der Waals surface area contributed by atoms with E-state index in [9.17, 15) is 0 Å². The summed E-state index contributed by atoms with van der Waals surface area (Å²) in [5.41, 5.74) is 13.1. The molecule has 0 saturated heterocycles. The van der Waals surface area contributed by atoms with Crippen LogP contribution in [0.3, 0.4) is 0 Å². The van der Waals surface area contributed by atoms with Crippen molar-refractivity contribution in [1.29, 1.82) is 0 Å². The van der Waals surface area contributed by atoms with Crippen molar-refractivity contribution in [2.24, 2.45) is 0 Å². The van der Waals surface area contributed by atoms with Crippen LogP contribution in [-0.4, -0.2) is 23.3 Å². The van der Waals surface area contributed by atoms with Crippen molar-refractivity contribution < 1.29 is 4.74 Å². The molecule has 0 saturated carbocycles. The summed E-state index contributed by atoms with van der Waals surface area (Å²) in [4.78, 5) is 9.74. The highest BCUT2D eigenvalue weighted by Gasteiger charge is 2.36. The van der Waals surface area contributed by atoms with Gasteiger partial charge in [-0.2, -0.15) is 0 Å². The zero-order chi connectivity index (χ0) is 34.3. The predicted molar refractivity (Wildman–Crippen MR) is 210 cm³/mol. The Morgan fingerprint density at radius 2 is 1.37 bits per heavy atom. The monoisotopic (exact) mass is 660 g/mol. The molecule has 0 bridgehead atoms. The van der Waals surface area contributed by atoms with Gasteiger partial charge in [0.2, 0.25) is 0 Å². The number of ether oxygens (including phenoxy) is 1. The molecular weight excluding hydrogens is 625 g/mol. The fraction of sp³-hybridized carbons (Fsp3) is 0.109. The van der Waals surface area contributed by atoms with E-state index >= 15 is 0 Å². The van der Waals surface area contributed by atoms with Crippen LogP contribution in [0.2, 0.25) is 0 Å². The lowest BCUT2D eigenvalue weighted by Gasteiger charge is -2.22. The normalized spacial score (nSPS) is 14.2. The molecule has 3 heterocycles. The summed E-state index contributed by atoms with van der Waals surface area (Å²) >= 11 is 0. The molecule has 0 spiro atoms. The number of pyridine rings is 1. The van der Waals surface area contributed by atoms with Crippen LogP contribution in [0, 0.1) is 0 Å². The Morgan fingerprint density at radius 1 is 0.588 bits per heavy atom. The minimum absolute atomic E-state index is 0.132. The number of hydrogen-bond acceptors (Lipinski definition) is 4. The molecule has 1 aliphatic carbocycles. The highest BCUT2D eigenvalue weighted by Crippen LogP contribution is 2.49. The average Bonchev–Trinajstić information content (AvgIpc) is 3.76. The van der Waals surface area contributed by atoms with E-state index in [4.69, 9.17) is 9.72 Å². The summed E-state index contributed by atoms with van der Waals surface area (Å²) in [5.74, 6) is 2.47. The molecule has 246 valence electrons. The van der Waals surface area contributed by atoms with Gasteiger partial charge in [0.05, 0.1) is 29.1 Å². The molecule has 5 heteroatoms. The van der Waals surface area contributed by atoms with Gasteiger partial charge in [-0.25, -0.2) is 4.98 Å². The third-order valence-corrected chi connectivity index (χ3v) is 10.8. The predicted octanol–water partition coefficient (Wildman–Crippen LogP) is 11.5. The molecule has 8 aromatic rings. The Kier molecular flexibility index (Phi) is 6.43. The van der Waals surface area contributed by atoms with Gasteiger partial charge in [0.1, 0.15) is 17.3 Å². The third-order valence-electron chi connectivity index (χ3n) is 10.8. The van der Waals surface area contributed by atoms with Gasteiger partial charge >= 0.3 is 0 Å².